The molecule has 2 heterocycles. The first kappa shape index (κ1) is 17.4. The van der Waals surface area contributed by atoms with Crippen LogP contribution < -0.4 is 5.32 Å². The Balaban J connectivity index is 2.05. The smallest absolute Gasteiger partial charge is 0.252 e. The summed E-state index contributed by atoms with van der Waals surface area (Å²) < 4.78 is 26.9. The molecule has 1 aliphatic heterocycles. The molecule has 1 N–H and O–H groups in total. The van der Waals surface area contributed by atoms with E-state index in [1.807, 2.05) is 6.92 Å². The van der Waals surface area contributed by atoms with Crippen molar-refractivity contribution in [1.82, 2.24) is 9.62 Å². The highest BCUT2D eigenvalue weighted by Crippen LogP contribution is 2.26. The van der Waals surface area contributed by atoms with Crippen molar-refractivity contribution >= 4 is 27.3 Å². The number of rotatable bonds is 5. The lowest BCUT2D eigenvalue weighted by Gasteiger charge is -2.31. The summed E-state index contributed by atoms with van der Waals surface area (Å²) in [5.41, 5.74) is 0. The largest absolute Gasteiger partial charge is 0.353 e. The first-order valence-corrected chi connectivity index (χ1v) is 9.98. The van der Waals surface area contributed by atoms with Crippen molar-refractivity contribution in [3.63, 3.8) is 0 Å². The SMILES string of the molecule is CC(C)[C@H](C)NC(=O)[C@H]1CCCN(S(=O)(=O)c2cccs2)C1. The maximum Gasteiger partial charge on any atom is 0.252 e. The van der Waals surface area contributed by atoms with E-state index in [-0.39, 0.29) is 24.4 Å². The van der Waals surface area contributed by atoms with Crippen molar-refractivity contribution in [3.05, 3.63) is 17.5 Å². The summed E-state index contributed by atoms with van der Waals surface area (Å²) in [4.78, 5) is 12.3. The van der Waals surface area contributed by atoms with E-state index in [1.54, 1.807) is 17.5 Å². The molecular weight excluding hydrogens is 320 g/mol. The van der Waals surface area contributed by atoms with Gasteiger partial charge in [0.05, 0.1) is 5.92 Å². The second-order valence-corrected chi connectivity index (χ2v) is 9.29. The molecule has 0 aromatic carbocycles. The Bertz CT molecular complexity index is 596. The fraction of sp³-hybridized carbons (Fsp3) is 0.667. The molecule has 22 heavy (non-hydrogen) atoms. The average Bonchev–Trinajstić information content (AvgIpc) is 3.02. The van der Waals surface area contributed by atoms with Crippen molar-refractivity contribution in [2.24, 2.45) is 11.8 Å². The lowest BCUT2D eigenvalue weighted by molar-refractivity contribution is -0.127. The lowest BCUT2D eigenvalue weighted by atomic mass is 9.97. The number of nitrogens with one attached hydrogen (secondary N) is 1. The van der Waals surface area contributed by atoms with Gasteiger partial charge in [0.25, 0.3) is 10.0 Å². The molecule has 2 atom stereocenters. The quantitative estimate of drug-likeness (QED) is 0.891. The van der Waals surface area contributed by atoms with Gasteiger partial charge >= 0.3 is 0 Å². The van der Waals surface area contributed by atoms with Crippen LogP contribution in [0.3, 0.4) is 0 Å². The van der Waals surface area contributed by atoms with Gasteiger partial charge in [0, 0.05) is 19.1 Å². The highest BCUT2D eigenvalue weighted by Gasteiger charge is 2.34. The Morgan fingerprint density at radius 2 is 2.14 bits per heavy atom. The molecule has 0 radical (unpaired) electrons. The van der Waals surface area contributed by atoms with E-state index in [4.69, 9.17) is 0 Å². The maximum absolute atomic E-state index is 12.6. The summed E-state index contributed by atoms with van der Waals surface area (Å²) >= 11 is 1.22. The summed E-state index contributed by atoms with van der Waals surface area (Å²) in [5, 5.41) is 4.75. The Kier molecular flexibility index (Phi) is 5.63. The van der Waals surface area contributed by atoms with Gasteiger partial charge in [-0.3, -0.25) is 4.79 Å². The number of carbonyl (C=O) groups is 1. The lowest BCUT2D eigenvalue weighted by Crippen LogP contribution is -2.47. The second-order valence-electron chi connectivity index (χ2n) is 6.18. The number of piperidine rings is 1. The van der Waals surface area contributed by atoms with Crippen LogP contribution in [0.25, 0.3) is 0 Å². The molecule has 1 aliphatic rings. The topological polar surface area (TPSA) is 66.5 Å². The highest BCUT2D eigenvalue weighted by atomic mass is 32.2. The molecule has 1 aromatic rings. The zero-order chi connectivity index (χ0) is 16.3. The van der Waals surface area contributed by atoms with Gasteiger partial charge in [0.1, 0.15) is 4.21 Å². The second kappa shape index (κ2) is 7.10. The minimum absolute atomic E-state index is 0.0349. The molecular formula is C15H24N2O3S2. The van der Waals surface area contributed by atoms with Crippen LogP contribution >= 0.6 is 11.3 Å². The molecule has 1 fully saturated rings. The predicted molar refractivity (Wildman–Crippen MR) is 88.2 cm³/mol. The van der Waals surface area contributed by atoms with Gasteiger partial charge in [-0.1, -0.05) is 19.9 Å². The Morgan fingerprint density at radius 3 is 2.73 bits per heavy atom. The number of thiophene rings is 1. The molecule has 0 bridgehead atoms. The number of sulfonamides is 1. The summed E-state index contributed by atoms with van der Waals surface area (Å²) in [6, 6.07) is 3.44. The Hall–Kier alpha value is -0.920. The molecule has 5 nitrogen and oxygen atoms in total. The Labute approximate surface area is 136 Å². The van der Waals surface area contributed by atoms with Gasteiger partial charge in [-0.05, 0) is 37.1 Å². The van der Waals surface area contributed by atoms with E-state index in [2.05, 4.69) is 19.2 Å². The van der Waals surface area contributed by atoms with E-state index in [0.29, 0.717) is 16.7 Å². The minimum Gasteiger partial charge on any atom is -0.353 e. The summed E-state index contributed by atoms with van der Waals surface area (Å²) in [7, 11) is -3.46. The zero-order valence-electron chi connectivity index (χ0n) is 13.3. The van der Waals surface area contributed by atoms with Gasteiger partial charge in [0.2, 0.25) is 5.91 Å². The van der Waals surface area contributed by atoms with Crippen LogP contribution in [0.5, 0.6) is 0 Å². The average molecular weight is 345 g/mol. The van der Waals surface area contributed by atoms with Gasteiger partial charge in [-0.15, -0.1) is 11.3 Å². The monoisotopic (exact) mass is 344 g/mol. The van der Waals surface area contributed by atoms with Gasteiger partial charge in [-0.2, -0.15) is 4.31 Å². The van der Waals surface area contributed by atoms with Crippen molar-refractivity contribution in [2.75, 3.05) is 13.1 Å². The van der Waals surface area contributed by atoms with Crippen LogP contribution in [-0.4, -0.2) is 37.8 Å². The standard InChI is InChI=1S/C15H24N2O3S2/c1-11(2)12(3)16-15(18)13-6-4-8-17(10-13)22(19,20)14-7-5-9-21-14/h5,7,9,11-13H,4,6,8,10H2,1-3H3,(H,16,18)/t12-,13-/m0/s1. The third-order valence-electron chi connectivity index (χ3n) is 4.21. The van der Waals surface area contributed by atoms with Gasteiger partial charge < -0.3 is 5.32 Å². The van der Waals surface area contributed by atoms with Crippen molar-refractivity contribution in [3.8, 4) is 0 Å². The Morgan fingerprint density at radius 1 is 1.41 bits per heavy atom. The van der Waals surface area contributed by atoms with E-state index >= 15 is 0 Å². The van der Waals surface area contributed by atoms with Crippen molar-refractivity contribution in [2.45, 2.75) is 43.9 Å². The van der Waals surface area contributed by atoms with E-state index in [1.165, 1.54) is 15.6 Å². The first-order valence-electron chi connectivity index (χ1n) is 7.66. The molecule has 1 amide bonds. The van der Waals surface area contributed by atoms with Crippen LogP contribution in [-0.2, 0) is 14.8 Å². The number of carbonyl (C=O) groups excluding carboxylic acids is 1. The molecule has 0 spiro atoms. The molecule has 124 valence electrons. The third-order valence-corrected chi connectivity index (χ3v) is 7.45. The summed E-state index contributed by atoms with van der Waals surface area (Å²) in [5.74, 6) is 0.0652. The number of hydrogen-bond acceptors (Lipinski definition) is 4. The zero-order valence-corrected chi connectivity index (χ0v) is 14.9. The number of nitrogens with zero attached hydrogens (tertiary/aromatic N) is 1. The molecule has 0 saturated carbocycles. The number of amides is 1. The summed E-state index contributed by atoms with van der Waals surface area (Å²) in [6.45, 7) is 6.85. The molecule has 0 unspecified atom stereocenters. The van der Waals surface area contributed by atoms with Gasteiger partial charge in [-0.25, -0.2) is 8.42 Å². The van der Waals surface area contributed by atoms with Crippen LogP contribution in [0.4, 0.5) is 0 Å². The molecule has 1 aromatic heterocycles. The highest BCUT2D eigenvalue weighted by molar-refractivity contribution is 7.91. The van der Waals surface area contributed by atoms with E-state index < -0.39 is 10.0 Å². The van der Waals surface area contributed by atoms with Crippen molar-refractivity contribution < 1.29 is 13.2 Å². The molecule has 2 rings (SSSR count). The number of hydrogen-bond donors (Lipinski definition) is 1. The van der Waals surface area contributed by atoms with Crippen LogP contribution in [0.2, 0.25) is 0 Å². The normalized spacial score (nSPS) is 21.7. The third kappa shape index (κ3) is 3.88. The molecule has 0 aliphatic carbocycles. The molecule has 7 heteroatoms. The van der Waals surface area contributed by atoms with E-state index in [9.17, 15) is 13.2 Å². The van der Waals surface area contributed by atoms with Crippen LogP contribution in [0.1, 0.15) is 33.6 Å². The fourth-order valence-electron chi connectivity index (χ4n) is 2.42. The fourth-order valence-corrected chi connectivity index (χ4v) is 5.09. The van der Waals surface area contributed by atoms with E-state index in [0.717, 1.165) is 12.8 Å². The first-order chi connectivity index (χ1) is 10.3. The van der Waals surface area contributed by atoms with Crippen molar-refractivity contribution in [1.29, 1.82) is 0 Å². The predicted octanol–water partition coefficient (Wildman–Crippen LogP) is 2.31. The van der Waals surface area contributed by atoms with Gasteiger partial charge in [0.15, 0.2) is 0 Å². The summed E-state index contributed by atoms with van der Waals surface area (Å²) in [6.07, 6.45) is 1.46. The van der Waals surface area contributed by atoms with Crippen LogP contribution in [0, 0.1) is 11.8 Å². The molecule has 1 saturated heterocycles. The maximum atomic E-state index is 12.6. The minimum atomic E-state index is -3.46. The van der Waals surface area contributed by atoms with Crippen LogP contribution in [0.15, 0.2) is 21.7 Å².